The van der Waals surface area contributed by atoms with Crippen LogP contribution in [0.1, 0.15) is 5.82 Å². The molecule has 118 valence electrons. The Hall–Kier alpha value is -3.00. The molecule has 3 heterocycles. The van der Waals surface area contributed by atoms with Gasteiger partial charge in [0.25, 0.3) is 16.7 Å². The predicted molar refractivity (Wildman–Crippen MR) is 89.5 cm³/mol. The molecule has 7 nitrogen and oxygen atoms in total. The van der Waals surface area contributed by atoms with Crippen LogP contribution in [0.25, 0.3) is 22.5 Å². The molecule has 0 aliphatic rings. The summed E-state index contributed by atoms with van der Waals surface area (Å²) in [6, 6.07) is 12.7. The maximum atomic E-state index is 12.0. The van der Waals surface area contributed by atoms with Crippen LogP contribution in [-0.2, 0) is 5.75 Å². The smallest absolute Gasteiger partial charge is 0.277 e. The number of para-hydroxylation sites is 1. The summed E-state index contributed by atoms with van der Waals surface area (Å²) in [5.74, 6) is 1.34. The third-order valence-electron chi connectivity index (χ3n) is 3.28. The van der Waals surface area contributed by atoms with Crippen molar-refractivity contribution in [3.63, 3.8) is 0 Å². The molecule has 1 aromatic carbocycles. The number of nitrogens with one attached hydrogen (secondary N) is 1. The van der Waals surface area contributed by atoms with E-state index in [1.165, 1.54) is 11.8 Å². The van der Waals surface area contributed by atoms with Gasteiger partial charge in [-0.3, -0.25) is 9.78 Å². The number of fused-ring (bicyclic) bond motifs is 1. The number of hydrogen-bond acceptors (Lipinski definition) is 7. The van der Waals surface area contributed by atoms with Crippen LogP contribution in [0.2, 0.25) is 0 Å². The second kappa shape index (κ2) is 6.25. The van der Waals surface area contributed by atoms with E-state index in [1.54, 1.807) is 18.3 Å². The van der Waals surface area contributed by atoms with E-state index < -0.39 is 0 Å². The highest BCUT2D eigenvalue weighted by Gasteiger charge is 2.11. The second-order valence-electron chi connectivity index (χ2n) is 4.91. The number of H-pyrrole nitrogens is 1. The summed E-state index contributed by atoms with van der Waals surface area (Å²) in [6.45, 7) is 0. The van der Waals surface area contributed by atoms with Crippen molar-refractivity contribution in [1.29, 1.82) is 0 Å². The Morgan fingerprint density at radius 1 is 1.08 bits per heavy atom. The molecule has 8 heteroatoms. The Balaban J connectivity index is 1.53. The summed E-state index contributed by atoms with van der Waals surface area (Å²) in [5, 5.41) is 8.92. The largest absolute Gasteiger partial charge is 0.410 e. The molecule has 0 aliphatic heterocycles. The van der Waals surface area contributed by atoms with Gasteiger partial charge in [-0.05, 0) is 24.3 Å². The number of thioether (sulfide) groups is 1. The first-order valence-corrected chi connectivity index (χ1v) is 8.14. The minimum atomic E-state index is -0.157. The molecule has 0 fully saturated rings. The Morgan fingerprint density at radius 3 is 2.83 bits per heavy atom. The average molecular weight is 337 g/mol. The molecule has 0 aliphatic carbocycles. The normalized spacial score (nSPS) is 11.0. The van der Waals surface area contributed by atoms with Crippen molar-refractivity contribution in [2.24, 2.45) is 0 Å². The number of aromatic amines is 1. The lowest BCUT2D eigenvalue weighted by Gasteiger charge is -2.00. The van der Waals surface area contributed by atoms with Gasteiger partial charge in [0.05, 0.1) is 16.7 Å². The highest BCUT2D eigenvalue weighted by atomic mass is 32.2. The maximum Gasteiger partial charge on any atom is 0.277 e. The van der Waals surface area contributed by atoms with Crippen molar-refractivity contribution in [3.8, 4) is 11.6 Å². The van der Waals surface area contributed by atoms with Gasteiger partial charge in [0.1, 0.15) is 11.5 Å². The van der Waals surface area contributed by atoms with Gasteiger partial charge in [-0.2, -0.15) is 0 Å². The highest BCUT2D eigenvalue weighted by Crippen LogP contribution is 2.23. The molecule has 0 atom stereocenters. The molecule has 0 amide bonds. The van der Waals surface area contributed by atoms with Crippen molar-refractivity contribution in [3.05, 3.63) is 64.8 Å². The van der Waals surface area contributed by atoms with Gasteiger partial charge in [0.2, 0.25) is 0 Å². The van der Waals surface area contributed by atoms with Gasteiger partial charge in [0.15, 0.2) is 0 Å². The van der Waals surface area contributed by atoms with E-state index >= 15 is 0 Å². The van der Waals surface area contributed by atoms with E-state index in [0.29, 0.717) is 39.3 Å². The minimum Gasteiger partial charge on any atom is -0.410 e. The maximum absolute atomic E-state index is 12.0. The van der Waals surface area contributed by atoms with E-state index in [-0.39, 0.29) is 5.56 Å². The standard InChI is InChI=1S/C16H11N5O2S/c22-14-10-5-1-2-6-11(10)18-13(19-14)9-24-16-21-20-15(23-16)12-7-3-4-8-17-12/h1-8H,9H2,(H,18,19,22). The quantitative estimate of drug-likeness (QED) is 0.572. The topological polar surface area (TPSA) is 97.6 Å². The van der Waals surface area contributed by atoms with Gasteiger partial charge in [-0.25, -0.2) is 4.98 Å². The van der Waals surface area contributed by atoms with Crippen molar-refractivity contribution in [2.75, 3.05) is 0 Å². The van der Waals surface area contributed by atoms with Crippen LogP contribution in [0.4, 0.5) is 0 Å². The zero-order valence-corrected chi connectivity index (χ0v) is 13.2. The van der Waals surface area contributed by atoms with Crippen molar-refractivity contribution >= 4 is 22.7 Å². The van der Waals surface area contributed by atoms with Crippen molar-refractivity contribution in [1.82, 2.24) is 25.1 Å². The SMILES string of the molecule is O=c1[nH]c(CSc2nnc(-c3ccccn3)o2)nc2ccccc12. The molecule has 0 unspecified atom stereocenters. The summed E-state index contributed by atoms with van der Waals surface area (Å²) in [7, 11) is 0. The molecular weight excluding hydrogens is 326 g/mol. The summed E-state index contributed by atoms with van der Waals surface area (Å²) >= 11 is 1.31. The third-order valence-corrected chi connectivity index (χ3v) is 4.11. The molecule has 1 N–H and O–H groups in total. The fourth-order valence-electron chi connectivity index (χ4n) is 2.19. The monoisotopic (exact) mass is 337 g/mol. The molecule has 4 aromatic rings. The number of benzene rings is 1. The van der Waals surface area contributed by atoms with Crippen LogP contribution in [0.15, 0.2) is 63.1 Å². The van der Waals surface area contributed by atoms with Crippen LogP contribution in [0, 0.1) is 0 Å². The number of aromatic nitrogens is 5. The molecule has 0 bridgehead atoms. The van der Waals surface area contributed by atoms with E-state index in [9.17, 15) is 4.79 Å². The van der Waals surface area contributed by atoms with E-state index in [1.807, 2.05) is 30.3 Å². The summed E-state index contributed by atoms with van der Waals surface area (Å²) < 4.78 is 5.57. The molecule has 0 spiro atoms. The number of nitrogens with zero attached hydrogens (tertiary/aromatic N) is 4. The predicted octanol–water partition coefficient (Wildman–Crippen LogP) is 2.66. The van der Waals surface area contributed by atoms with Crippen LogP contribution in [-0.4, -0.2) is 25.1 Å². The zero-order valence-electron chi connectivity index (χ0n) is 12.3. The number of hydrogen-bond donors (Lipinski definition) is 1. The minimum absolute atomic E-state index is 0.157. The first-order chi connectivity index (χ1) is 11.8. The van der Waals surface area contributed by atoms with Gasteiger partial charge in [0, 0.05) is 6.20 Å². The van der Waals surface area contributed by atoms with Crippen LogP contribution >= 0.6 is 11.8 Å². The average Bonchev–Trinajstić information content (AvgIpc) is 3.10. The van der Waals surface area contributed by atoms with Crippen LogP contribution < -0.4 is 5.56 Å². The fourth-order valence-corrected chi connectivity index (χ4v) is 2.83. The van der Waals surface area contributed by atoms with Gasteiger partial charge >= 0.3 is 0 Å². The third kappa shape index (κ3) is 2.91. The number of pyridine rings is 1. The lowest BCUT2D eigenvalue weighted by atomic mass is 10.2. The van der Waals surface area contributed by atoms with Crippen molar-refractivity contribution in [2.45, 2.75) is 11.0 Å². The zero-order chi connectivity index (χ0) is 16.4. The van der Waals surface area contributed by atoms with Crippen molar-refractivity contribution < 1.29 is 4.42 Å². The Kier molecular flexibility index (Phi) is 3.80. The first kappa shape index (κ1) is 14.6. The van der Waals surface area contributed by atoms with E-state index in [2.05, 4.69) is 25.1 Å². The molecule has 0 saturated heterocycles. The molecule has 24 heavy (non-hydrogen) atoms. The van der Waals surface area contributed by atoms with Gasteiger partial charge in [-0.15, -0.1) is 10.2 Å². The molecule has 4 rings (SSSR count). The Bertz CT molecular complexity index is 1040. The van der Waals surface area contributed by atoms with Gasteiger partial charge < -0.3 is 9.40 Å². The first-order valence-electron chi connectivity index (χ1n) is 7.15. The summed E-state index contributed by atoms with van der Waals surface area (Å²) in [4.78, 5) is 23.4. The van der Waals surface area contributed by atoms with Crippen LogP contribution in [0.3, 0.4) is 0 Å². The lowest BCUT2D eigenvalue weighted by Crippen LogP contribution is -2.11. The second-order valence-corrected chi connectivity index (χ2v) is 5.83. The van der Waals surface area contributed by atoms with Crippen LogP contribution in [0.5, 0.6) is 0 Å². The van der Waals surface area contributed by atoms with E-state index in [4.69, 9.17) is 4.42 Å². The molecule has 0 radical (unpaired) electrons. The molecule has 0 saturated carbocycles. The Labute approximate surface area is 140 Å². The Morgan fingerprint density at radius 2 is 1.96 bits per heavy atom. The molecule has 3 aromatic heterocycles. The summed E-state index contributed by atoms with van der Waals surface area (Å²) in [6.07, 6.45) is 1.66. The molecular formula is C16H11N5O2S. The number of rotatable bonds is 4. The lowest BCUT2D eigenvalue weighted by molar-refractivity contribution is 0.464. The highest BCUT2D eigenvalue weighted by molar-refractivity contribution is 7.98. The van der Waals surface area contributed by atoms with Gasteiger partial charge in [-0.1, -0.05) is 30.0 Å². The van der Waals surface area contributed by atoms with E-state index in [0.717, 1.165) is 0 Å². The summed E-state index contributed by atoms with van der Waals surface area (Å²) in [5.41, 5.74) is 1.13. The fraction of sp³-hybridized carbons (Fsp3) is 0.0625.